The van der Waals surface area contributed by atoms with Gasteiger partial charge in [-0.2, -0.15) is 0 Å². The van der Waals surface area contributed by atoms with Crippen molar-refractivity contribution in [3.8, 4) is 0 Å². The average molecular weight is 269 g/mol. The molecule has 1 aromatic carbocycles. The Morgan fingerprint density at radius 1 is 1.56 bits per heavy atom. The normalized spacial score (nSPS) is 21.1. The summed E-state index contributed by atoms with van der Waals surface area (Å²) >= 11 is 1.71. The molecule has 0 bridgehead atoms. The second-order valence-corrected chi connectivity index (χ2v) is 5.65. The molecule has 1 aromatic rings. The zero-order valence-corrected chi connectivity index (χ0v) is 11.5. The summed E-state index contributed by atoms with van der Waals surface area (Å²) in [6, 6.07) is 7.25. The fraction of sp³-hybridized carbons (Fsp3) is 0.571. The molecule has 1 aliphatic heterocycles. The van der Waals surface area contributed by atoms with Gasteiger partial charge in [0, 0.05) is 29.2 Å². The van der Waals surface area contributed by atoms with E-state index in [1.165, 1.54) is 6.07 Å². The Balaban J connectivity index is 1.88. The van der Waals surface area contributed by atoms with Crippen LogP contribution in [0.2, 0.25) is 0 Å². The lowest BCUT2D eigenvalue weighted by Gasteiger charge is -2.22. The third kappa shape index (κ3) is 3.97. The third-order valence-corrected chi connectivity index (χ3v) is 4.34. The van der Waals surface area contributed by atoms with Gasteiger partial charge >= 0.3 is 0 Å². The van der Waals surface area contributed by atoms with E-state index in [9.17, 15) is 4.39 Å². The van der Waals surface area contributed by atoms with Crippen LogP contribution in [-0.4, -0.2) is 31.6 Å². The molecule has 0 radical (unpaired) electrons. The van der Waals surface area contributed by atoms with Crippen LogP contribution in [-0.2, 0) is 4.74 Å². The number of hydrogen-bond acceptors (Lipinski definition) is 3. The van der Waals surface area contributed by atoms with E-state index in [1.807, 2.05) is 6.07 Å². The molecule has 1 N–H and O–H groups in total. The average Bonchev–Trinajstić information content (AvgIpc) is 2.88. The SMILES string of the molecule is CCNC(CSc1cccc(F)c1)C1CCOC1. The van der Waals surface area contributed by atoms with E-state index in [4.69, 9.17) is 4.74 Å². The molecule has 2 unspecified atom stereocenters. The first-order valence-electron chi connectivity index (χ1n) is 6.49. The fourth-order valence-electron chi connectivity index (χ4n) is 2.24. The Hall–Kier alpha value is -0.580. The van der Waals surface area contributed by atoms with Crippen LogP contribution in [0.5, 0.6) is 0 Å². The van der Waals surface area contributed by atoms with Crippen molar-refractivity contribution in [2.24, 2.45) is 5.92 Å². The van der Waals surface area contributed by atoms with Crippen molar-refractivity contribution in [1.82, 2.24) is 5.32 Å². The summed E-state index contributed by atoms with van der Waals surface area (Å²) in [7, 11) is 0. The molecule has 0 aromatic heterocycles. The number of ether oxygens (including phenoxy) is 1. The second kappa shape index (κ2) is 7.12. The molecule has 2 atom stereocenters. The van der Waals surface area contributed by atoms with Gasteiger partial charge in [-0.25, -0.2) is 4.39 Å². The Morgan fingerprint density at radius 2 is 2.44 bits per heavy atom. The number of rotatable bonds is 6. The van der Waals surface area contributed by atoms with Gasteiger partial charge in [-0.3, -0.25) is 0 Å². The highest BCUT2D eigenvalue weighted by Gasteiger charge is 2.25. The van der Waals surface area contributed by atoms with Crippen molar-refractivity contribution in [2.45, 2.75) is 24.3 Å². The fourth-order valence-corrected chi connectivity index (χ4v) is 3.37. The molecule has 4 heteroatoms. The van der Waals surface area contributed by atoms with Crippen LogP contribution < -0.4 is 5.32 Å². The van der Waals surface area contributed by atoms with Crippen LogP contribution in [0.1, 0.15) is 13.3 Å². The number of nitrogens with one attached hydrogen (secondary N) is 1. The van der Waals surface area contributed by atoms with E-state index >= 15 is 0 Å². The van der Waals surface area contributed by atoms with E-state index in [2.05, 4.69) is 12.2 Å². The van der Waals surface area contributed by atoms with Gasteiger partial charge in [-0.15, -0.1) is 11.8 Å². The van der Waals surface area contributed by atoms with Gasteiger partial charge in [0.05, 0.1) is 6.61 Å². The van der Waals surface area contributed by atoms with Gasteiger partial charge in [0.2, 0.25) is 0 Å². The maximum atomic E-state index is 13.1. The van der Waals surface area contributed by atoms with Gasteiger partial charge in [-0.1, -0.05) is 13.0 Å². The van der Waals surface area contributed by atoms with Crippen molar-refractivity contribution in [3.05, 3.63) is 30.1 Å². The van der Waals surface area contributed by atoms with Gasteiger partial charge in [0.1, 0.15) is 5.82 Å². The molecule has 0 spiro atoms. The van der Waals surface area contributed by atoms with Crippen LogP contribution in [0.4, 0.5) is 4.39 Å². The summed E-state index contributed by atoms with van der Waals surface area (Å²) in [5, 5.41) is 3.51. The van der Waals surface area contributed by atoms with E-state index in [1.54, 1.807) is 23.9 Å². The number of benzene rings is 1. The Labute approximate surface area is 112 Å². The highest BCUT2D eigenvalue weighted by atomic mass is 32.2. The summed E-state index contributed by atoms with van der Waals surface area (Å²) in [4.78, 5) is 0.997. The summed E-state index contributed by atoms with van der Waals surface area (Å²) in [5.74, 6) is 1.39. The molecule has 1 aliphatic rings. The van der Waals surface area contributed by atoms with E-state index in [-0.39, 0.29) is 5.82 Å². The topological polar surface area (TPSA) is 21.3 Å². The Kier molecular flexibility index (Phi) is 5.47. The quantitative estimate of drug-likeness (QED) is 0.802. The first kappa shape index (κ1) is 13.8. The van der Waals surface area contributed by atoms with Crippen LogP contribution in [0.25, 0.3) is 0 Å². The third-order valence-electron chi connectivity index (χ3n) is 3.23. The summed E-state index contributed by atoms with van der Waals surface area (Å²) in [6.07, 6.45) is 1.13. The van der Waals surface area contributed by atoms with E-state index in [0.29, 0.717) is 12.0 Å². The minimum atomic E-state index is -0.163. The number of thioether (sulfide) groups is 1. The van der Waals surface area contributed by atoms with Crippen molar-refractivity contribution < 1.29 is 9.13 Å². The molecule has 1 fully saturated rings. The maximum Gasteiger partial charge on any atom is 0.124 e. The molecular weight excluding hydrogens is 249 g/mol. The van der Waals surface area contributed by atoms with Gasteiger partial charge in [0.25, 0.3) is 0 Å². The van der Waals surface area contributed by atoms with Crippen molar-refractivity contribution in [3.63, 3.8) is 0 Å². The van der Waals surface area contributed by atoms with Crippen LogP contribution in [0.3, 0.4) is 0 Å². The maximum absolute atomic E-state index is 13.1. The summed E-state index contributed by atoms with van der Waals surface area (Å²) in [5.41, 5.74) is 0. The standard InChI is InChI=1S/C14H20FNOS/c1-2-16-14(11-6-7-17-9-11)10-18-13-5-3-4-12(15)8-13/h3-5,8,11,14,16H,2,6-7,9-10H2,1H3. The monoisotopic (exact) mass is 269 g/mol. The molecule has 18 heavy (non-hydrogen) atoms. The van der Waals surface area contributed by atoms with E-state index in [0.717, 1.165) is 36.8 Å². The van der Waals surface area contributed by atoms with Gasteiger partial charge in [0.15, 0.2) is 0 Å². The first-order chi connectivity index (χ1) is 8.79. The predicted molar refractivity (Wildman–Crippen MR) is 73.5 cm³/mol. The lowest BCUT2D eigenvalue weighted by molar-refractivity contribution is 0.179. The molecule has 2 rings (SSSR count). The highest BCUT2D eigenvalue weighted by molar-refractivity contribution is 7.99. The Bertz CT molecular complexity index is 369. The predicted octanol–water partition coefficient (Wildman–Crippen LogP) is 2.93. The zero-order chi connectivity index (χ0) is 12.8. The molecule has 0 amide bonds. The van der Waals surface area contributed by atoms with E-state index < -0.39 is 0 Å². The molecule has 0 aliphatic carbocycles. The van der Waals surface area contributed by atoms with Crippen molar-refractivity contribution >= 4 is 11.8 Å². The van der Waals surface area contributed by atoms with Gasteiger partial charge in [-0.05, 0) is 31.2 Å². The minimum Gasteiger partial charge on any atom is -0.381 e. The lowest BCUT2D eigenvalue weighted by atomic mass is 10.0. The molecule has 100 valence electrons. The van der Waals surface area contributed by atoms with Crippen molar-refractivity contribution in [1.29, 1.82) is 0 Å². The number of hydrogen-bond donors (Lipinski definition) is 1. The largest absolute Gasteiger partial charge is 0.381 e. The molecule has 1 saturated heterocycles. The van der Waals surface area contributed by atoms with Crippen LogP contribution in [0.15, 0.2) is 29.2 Å². The smallest absolute Gasteiger partial charge is 0.124 e. The van der Waals surface area contributed by atoms with Crippen LogP contribution in [0, 0.1) is 11.7 Å². The zero-order valence-electron chi connectivity index (χ0n) is 10.7. The molecule has 0 saturated carbocycles. The number of halogens is 1. The summed E-state index contributed by atoms with van der Waals surface area (Å²) in [6.45, 7) is 4.80. The second-order valence-electron chi connectivity index (χ2n) is 4.56. The molecular formula is C14H20FNOS. The lowest BCUT2D eigenvalue weighted by Crippen LogP contribution is -2.38. The summed E-state index contributed by atoms with van der Waals surface area (Å²) < 4.78 is 18.5. The Morgan fingerprint density at radius 3 is 3.11 bits per heavy atom. The first-order valence-corrected chi connectivity index (χ1v) is 7.47. The van der Waals surface area contributed by atoms with Gasteiger partial charge < -0.3 is 10.1 Å². The molecule has 1 heterocycles. The molecule has 2 nitrogen and oxygen atoms in total. The van der Waals surface area contributed by atoms with Crippen molar-refractivity contribution in [2.75, 3.05) is 25.5 Å². The highest BCUT2D eigenvalue weighted by Crippen LogP contribution is 2.24. The van der Waals surface area contributed by atoms with Crippen LogP contribution >= 0.6 is 11.8 Å². The minimum absolute atomic E-state index is 0.163.